The van der Waals surface area contributed by atoms with Gasteiger partial charge >= 0.3 is 0 Å². The first-order valence-corrected chi connectivity index (χ1v) is 7.03. The Morgan fingerprint density at radius 2 is 1.52 bits per heavy atom. The highest BCUT2D eigenvalue weighted by Gasteiger charge is 2.53. The molecule has 0 saturated carbocycles. The standard InChI is InChI=1S/C19H14O2/c20-18(15-7-2-1-3-8-15)19(13-21-19)17-11-10-14-6-4-5-9-16(14)12-17/h1-12H,13H2. The molecule has 1 aliphatic rings. The summed E-state index contributed by atoms with van der Waals surface area (Å²) >= 11 is 0. The summed E-state index contributed by atoms with van der Waals surface area (Å²) in [5.41, 5.74) is 0.851. The Labute approximate surface area is 123 Å². The van der Waals surface area contributed by atoms with Crippen molar-refractivity contribution in [2.75, 3.05) is 6.61 Å². The maximum Gasteiger partial charge on any atom is 0.201 e. The van der Waals surface area contributed by atoms with Gasteiger partial charge in [-0.15, -0.1) is 0 Å². The number of benzene rings is 3. The van der Waals surface area contributed by atoms with Crippen LogP contribution in [0.3, 0.4) is 0 Å². The first-order chi connectivity index (χ1) is 10.3. The van der Waals surface area contributed by atoms with Crippen LogP contribution in [-0.2, 0) is 10.3 Å². The number of ether oxygens (including phenoxy) is 1. The predicted molar refractivity (Wildman–Crippen MR) is 82.4 cm³/mol. The van der Waals surface area contributed by atoms with Crippen molar-refractivity contribution >= 4 is 16.6 Å². The fourth-order valence-corrected chi connectivity index (χ4v) is 2.76. The van der Waals surface area contributed by atoms with Crippen LogP contribution in [0, 0.1) is 0 Å². The molecule has 2 heteroatoms. The number of rotatable bonds is 3. The SMILES string of the molecule is O=C(c1ccccc1)C1(c2ccc3ccccc3c2)CO1. The number of Topliss-reactive ketones (excluding diaryl/α,β-unsaturated/α-hetero) is 1. The lowest BCUT2D eigenvalue weighted by molar-refractivity contribution is 0.0871. The molecule has 3 aromatic rings. The van der Waals surface area contributed by atoms with Gasteiger partial charge in [0, 0.05) is 5.56 Å². The summed E-state index contributed by atoms with van der Waals surface area (Å²) in [6.45, 7) is 0.457. The molecule has 0 amide bonds. The molecule has 0 aromatic heterocycles. The minimum atomic E-state index is -0.786. The normalized spacial score (nSPS) is 20.4. The highest BCUT2D eigenvalue weighted by Crippen LogP contribution is 2.42. The summed E-state index contributed by atoms with van der Waals surface area (Å²) in [4.78, 5) is 12.7. The van der Waals surface area contributed by atoms with E-state index in [2.05, 4.69) is 18.2 Å². The van der Waals surface area contributed by atoms with E-state index in [0.717, 1.165) is 10.9 Å². The first kappa shape index (κ1) is 12.3. The molecule has 1 heterocycles. The summed E-state index contributed by atoms with van der Waals surface area (Å²) in [6.07, 6.45) is 0. The van der Waals surface area contributed by atoms with Crippen molar-refractivity contribution in [3.63, 3.8) is 0 Å². The zero-order valence-corrected chi connectivity index (χ0v) is 11.5. The molecule has 1 saturated heterocycles. The minimum absolute atomic E-state index is 0.0402. The van der Waals surface area contributed by atoms with E-state index in [9.17, 15) is 4.79 Å². The van der Waals surface area contributed by atoms with Crippen molar-refractivity contribution < 1.29 is 9.53 Å². The molecule has 0 aliphatic carbocycles. The molecule has 0 bridgehead atoms. The second-order valence-electron chi connectivity index (χ2n) is 5.37. The maximum absolute atomic E-state index is 12.7. The Hall–Kier alpha value is -2.45. The third-order valence-corrected chi connectivity index (χ3v) is 4.05. The zero-order valence-electron chi connectivity index (χ0n) is 11.5. The molecule has 4 rings (SSSR count). The molecule has 1 unspecified atom stereocenters. The lowest BCUT2D eigenvalue weighted by Gasteiger charge is -2.12. The fourth-order valence-electron chi connectivity index (χ4n) is 2.76. The Balaban J connectivity index is 1.78. The third-order valence-electron chi connectivity index (χ3n) is 4.05. The van der Waals surface area contributed by atoms with Crippen LogP contribution in [0.2, 0.25) is 0 Å². The highest BCUT2D eigenvalue weighted by atomic mass is 16.6. The van der Waals surface area contributed by atoms with Crippen LogP contribution in [0.5, 0.6) is 0 Å². The van der Waals surface area contributed by atoms with Crippen LogP contribution in [0.4, 0.5) is 0 Å². The highest BCUT2D eigenvalue weighted by molar-refractivity contribution is 6.05. The maximum atomic E-state index is 12.7. The van der Waals surface area contributed by atoms with Crippen molar-refractivity contribution in [3.05, 3.63) is 83.9 Å². The van der Waals surface area contributed by atoms with Gasteiger partial charge in [0.05, 0.1) is 6.61 Å². The van der Waals surface area contributed by atoms with Crippen LogP contribution >= 0.6 is 0 Å². The second-order valence-corrected chi connectivity index (χ2v) is 5.37. The van der Waals surface area contributed by atoms with Crippen LogP contribution in [-0.4, -0.2) is 12.4 Å². The summed E-state index contributed by atoms with van der Waals surface area (Å²) in [6, 6.07) is 23.6. The van der Waals surface area contributed by atoms with Crippen molar-refractivity contribution in [1.29, 1.82) is 0 Å². The number of ketones is 1. The van der Waals surface area contributed by atoms with Crippen LogP contribution in [0.1, 0.15) is 15.9 Å². The van der Waals surface area contributed by atoms with Gasteiger partial charge in [-0.2, -0.15) is 0 Å². The van der Waals surface area contributed by atoms with Crippen LogP contribution < -0.4 is 0 Å². The lowest BCUT2D eigenvalue weighted by atomic mass is 9.90. The monoisotopic (exact) mass is 274 g/mol. The first-order valence-electron chi connectivity index (χ1n) is 7.03. The third kappa shape index (κ3) is 1.96. The number of hydrogen-bond acceptors (Lipinski definition) is 2. The molecule has 1 atom stereocenters. The van der Waals surface area contributed by atoms with Gasteiger partial charge in [-0.1, -0.05) is 66.7 Å². The fraction of sp³-hybridized carbons (Fsp3) is 0.105. The molecule has 3 aromatic carbocycles. The van der Waals surface area contributed by atoms with E-state index in [1.54, 1.807) is 0 Å². The molecule has 1 aliphatic heterocycles. The van der Waals surface area contributed by atoms with Gasteiger partial charge in [0.2, 0.25) is 5.78 Å². The Bertz CT molecular complexity index is 817. The van der Waals surface area contributed by atoms with E-state index in [-0.39, 0.29) is 5.78 Å². The van der Waals surface area contributed by atoms with Gasteiger partial charge in [-0.05, 0) is 22.4 Å². The predicted octanol–water partition coefficient (Wildman–Crippen LogP) is 3.95. The Morgan fingerprint density at radius 3 is 2.24 bits per heavy atom. The van der Waals surface area contributed by atoms with E-state index in [1.165, 1.54) is 5.39 Å². The van der Waals surface area contributed by atoms with E-state index >= 15 is 0 Å². The summed E-state index contributed by atoms with van der Waals surface area (Å²) in [5, 5.41) is 2.30. The average molecular weight is 274 g/mol. The molecule has 0 spiro atoms. The minimum Gasteiger partial charge on any atom is -0.356 e. The van der Waals surface area contributed by atoms with Crippen molar-refractivity contribution in [2.24, 2.45) is 0 Å². The Morgan fingerprint density at radius 1 is 0.857 bits per heavy atom. The van der Waals surface area contributed by atoms with Gasteiger partial charge in [-0.3, -0.25) is 4.79 Å². The summed E-state index contributed by atoms with van der Waals surface area (Å²) < 4.78 is 5.60. The average Bonchev–Trinajstić information content (AvgIpc) is 3.36. The van der Waals surface area contributed by atoms with Gasteiger partial charge in [-0.25, -0.2) is 0 Å². The number of carbonyl (C=O) groups excluding carboxylic acids is 1. The van der Waals surface area contributed by atoms with Crippen molar-refractivity contribution in [1.82, 2.24) is 0 Å². The molecule has 1 fully saturated rings. The van der Waals surface area contributed by atoms with Gasteiger partial charge < -0.3 is 4.74 Å². The second kappa shape index (κ2) is 4.54. The largest absolute Gasteiger partial charge is 0.356 e. The molecule has 21 heavy (non-hydrogen) atoms. The van der Waals surface area contributed by atoms with Crippen LogP contribution in [0.15, 0.2) is 72.8 Å². The van der Waals surface area contributed by atoms with Gasteiger partial charge in [0.1, 0.15) is 0 Å². The Kier molecular flexibility index (Phi) is 2.66. The summed E-state index contributed by atoms with van der Waals surface area (Å²) in [5.74, 6) is 0.0402. The lowest BCUT2D eigenvalue weighted by Crippen LogP contribution is -2.22. The van der Waals surface area contributed by atoms with Gasteiger partial charge in [0.15, 0.2) is 5.60 Å². The van der Waals surface area contributed by atoms with Gasteiger partial charge in [0.25, 0.3) is 0 Å². The number of hydrogen-bond donors (Lipinski definition) is 0. The quantitative estimate of drug-likeness (QED) is 0.534. The van der Waals surface area contributed by atoms with E-state index in [0.29, 0.717) is 12.2 Å². The molecule has 2 nitrogen and oxygen atoms in total. The van der Waals surface area contributed by atoms with Crippen molar-refractivity contribution in [3.8, 4) is 0 Å². The van der Waals surface area contributed by atoms with Crippen molar-refractivity contribution in [2.45, 2.75) is 5.60 Å². The molecule has 102 valence electrons. The number of epoxide rings is 1. The van der Waals surface area contributed by atoms with E-state index < -0.39 is 5.60 Å². The smallest absolute Gasteiger partial charge is 0.201 e. The number of carbonyl (C=O) groups is 1. The molecule has 0 N–H and O–H groups in total. The number of fused-ring (bicyclic) bond motifs is 1. The molecular weight excluding hydrogens is 260 g/mol. The zero-order chi connectivity index (χ0) is 14.3. The van der Waals surface area contributed by atoms with E-state index in [4.69, 9.17) is 4.74 Å². The molecular formula is C19H14O2. The van der Waals surface area contributed by atoms with Crippen LogP contribution in [0.25, 0.3) is 10.8 Å². The summed E-state index contributed by atoms with van der Waals surface area (Å²) in [7, 11) is 0. The molecule has 0 radical (unpaired) electrons. The van der Waals surface area contributed by atoms with E-state index in [1.807, 2.05) is 54.6 Å². The topological polar surface area (TPSA) is 29.6 Å².